The van der Waals surface area contributed by atoms with Crippen LogP contribution >= 0.6 is 15.9 Å². The van der Waals surface area contributed by atoms with Crippen molar-refractivity contribution >= 4 is 28.2 Å². The molecule has 1 rings (SSSR count). The molecule has 0 bridgehead atoms. The van der Waals surface area contributed by atoms with Crippen molar-refractivity contribution in [1.29, 1.82) is 0 Å². The number of rotatable bonds is 4. The molecule has 88 valence electrons. The Hall–Kier alpha value is -1.08. The van der Waals surface area contributed by atoms with Gasteiger partial charge in [0.05, 0.1) is 0 Å². The third-order valence-electron chi connectivity index (χ3n) is 1.77. The number of hydrogen-bond donors (Lipinski definition) is 1. The highest BCUT2D eigenvalue weighted by Crippen LogP contribution is 2.26. The SMILES string of the molecule is C/C=C\c1nnc(C(F)(F)CO)n1/C=C/Br. The van der Waals surface area contributed by atoms with E-state index in [1.54, 1.807) is 13.0 Å². The van der Waals surface area contributed by atoms with Gasteiger partial charge in [-0.1, -0.05) is 22.0 Å². The van der Waals surface area contributed by atoms with Gasteiger partial charge >= 0.3 is 5.92 Å². The summed E-state index contributed by atoms with van der Waals surface area (Å²) in [4.78, 5) is 1.40. The third kappa shape index (κ3) is 2.53. The zero-order valence-corrected chi connectivity index (χ0v) is 10.0. The van der Waals surface area contributed by atoms with Crippen LogP contribution in [0.4, 0.5) is 8.78 Å². The summed E-state index contributed by atoms with van der Waals surface area (Å²) in [5.41, 5.74) is 0. The Morgan fingerprint density at radius 1 is 1.50 bits per heavy atom. The molecule has 1 aromatic heterocycles. The van der Waals surface area contributed by atoms with Gasteiger partial charge in [0.1, 0.15) is 6.61 Å². The molecular weight excluding hydrogens is 284 g/mol. The van der Waals surface area contributed by atoms with Crippen LogP contribution in [0.3, 0.4) is 0 Å². The number of aliphatic hydroxyl groups is 1. The van der Waals surface area contributed by atoms with Crippen LogP contribution in [0.5, 0.6) is 0 Å². The summed E-state index contributed by atoms with van der Waals surface area (Å²) in [6, 6.07) is 0. The first-order valence-corrected chi connectivity index (χ1v) is 5.32. The average Bonchev–Trinajstić information content (AvgIpc) is 2.64. The Labute approximate surface area is 99.4 Å². The molecule has 0 unspecified atom stereocenters. The predicted molar refractivity (Wildman–Crippen MR) is 60.0 cm³/mol. The molecule has 0 atom stereocenters. The highest BCUT2D eigenvalue weighted by atomic mass is 79.9. The van der Waals surface area contributed by atoms with E-state index in [-0.39, 0.29) is 5.82 Å². The van der Waals surface area contributed by atoms with E-state index in [9.17, 15) is 8.78 Å². The van der Waals surface area contributed by atoms with Crippen molar-refractivity contribution in [3.63, 3.8) is 0 Å². The monoisotopic (exact) mass is 293 g/mol. The highest BCUT2D eigenvalue weighted by Gasteiger charge is 2.37. The summed E-state index contributed by atoms with van der Waals surface area (Å²) < 4.78 is 27.7. The Kier molecular flexibility index (Phi) is 4.31. The van der Waals surface area contributed by atoms with Crippen LogP contribution in [0.2, 0.25) is 0 Å². The Balaban J connectivity index is 3.30. The van der Waals surface area contributed by atoms with E-state index in [4.69, 9.17) is 5.11 Å². The van der Waals surface area contributed by atoms with Gasteiger partial charge in [0.2, 0.25) is 5.82 Å². The molecule has 0 saturated heterocycles. The summed E-state index contributed by atoms with van der Waals surface area (Å²) in [5.74, 6) is -3.75. The van der Waals surface area contributed by atoms with Gasteiger partial charge in [0, 0.05) is 6.20 Å². The first kappa shape index (κ1) is 13.0. The summed E-state index contributed by atoms with van der Waals surface area (Å²) in [6.45, 7) is 0.428. The van der Waals surface area contributed by atoms with Crippen molar-refractivity contribution in [2.24, 2.45) is 0 Å². The fraction of sp³-hybridized carbons (Fsp3) is 0.333. The van der Waals surface area contributed by atoms with E-state index in [0.29, 0.717) is 0 Å². The van der Waals surface area contributed by atoms with Crippen molar-refractivity contribution in [1.82, 2.24) is 14.8 Å². The summed E-state index contributed by atoms with van der Waals surface area (Å²) in [7, 11) is 0. The van der Waals surface area contributed by atoms with Gasteiger partial charge in [-0.05, 0) is 18.0 Å². The molecular formula is C9H10BrF2N3O. The fourth-order valence-electron chi connectivity index (χ4n) is 1.09. The molecule has 1 N–H and O–H groups in total. The number of aromatic nitrogens is 3. The number of hydrogen-bond acceptors (Lipinski definition) is 3. The van der Waals surface area contributed by atoms with Gasteiger partial charge in [-0.2, -0.15) is 8.78 Å². The van der Waals surface area contributed by atoms with Crippen molar-refractivity contribution in [3.05, 3.63) is 22.7 Å². The molecule has 0 fully saturated rings. The molecule has 0 aromatic carbocycles. The molecule has 4 nitrogen and oxygen atoms in total. The second-order valence-corrected chi connectivity index (χ2v) is 3.42. The van der Waals surface area contributed by atoms with E-state index in [0.717, 1.165) is 4.57 Å². The maximum Gasteiger partial charge on any atom is 0.329 e. The van der Waals surface area contributed by atoms with Crippen molar-refractivity contribution in [2.45, 2.75) is 12.8 Å². The molecule has 1 heterocycles. The number of allylic oxidation sites excluding steroid dienone is 1. The van der Waals surface area contributed by atoms with Crippen LogP contribution in [-0.2, 0) is 5.92 Å². The summed E-state index contributed by atoms with van der Waals surface area (Å²) >= 11 is 2.99. The Morgan fingerprint density at radius 2 is 2.19 bits per heavy atom. The minimum Gasteiger partial charge on any atom is -0.390 e. The highest BCUT2D eigenvalue weighted by molar-refractivity contribution is 9.11. The van der Waals surface area contributed by atoms with Gasteiger partial charge in [-0.15, -0.1) is 10.2 Å². The van der Waals surface area contributed by atoms with Gasteiger partial charge in [0.25, 0.3) is 0 Å². The zero-order chi connectivity index (χ0) is 12.2. The third-order valence-corrected chi connectivity index (χ3v) is 2.01. The second-order valence-electron chi connectivity index (χ2n) is 2.89. The molecule has 1 aromatic rings. The fourth-order valence-corrected chi connectivity index (χ4v) is 1.33. The van der Waals surface area contributed by atoms with Crippen LogP contribution < -0.4 is 0 Å². The van der Waals surface area contributed by atoms with Gasteiger partial charge < -0.3 is 5.11 Å². The van der Waals surface area contributed by atoms with E-state index in [1.165, 1.54) is 17.3 Å². The number of nitrogens with zero attached hydrogens (tertiary/aromatic N) is 3. The molecule has 0 aliphatic rings. The van der Waals surface area contributed by atoms with Crippen LogP contribution in [-0.4, -0.2) is 26.5 Å². The van der Waals surface area contributed by atoms with Gasteiger partial charge in [-0.25, -0.2) is 0 Å². The van der Waals surface area contributed by atoms with E-state index in [2.05, 4.69) is 26.1 Å². The Bertz CT molecular complexity index is 415. The van der Waals surface area contributed by atoms with E-state index in [1.807, 2.05) is 0 Å². The van der Waals surface area contributed by atoms with Gasteiger partial charge in [-0.3, -0.25) is 4.57 Å². The standard InChI is InChI=1S/C9H10BrF2N3O/c1-2-3-7-13-14-8(9(11,12)6-16)15(7)5-4-10/h2-5,16H,6H2,1H3/b3-2-,5-4+. The summed E-state index contributed by atoms with van der Waals surface area (Å²) in [6.07, 6.45) is 4.54. The van der Waals surface area contributed by atoms with Crippen LogP contribution in [0, 0.1) is 0 Å². The molecule has 0 spiro atoms. The smallest absolute Gasteiger partial charge is 0.329 e. The Morgan fingerprint density at radius 3 is 2.69 bits per heavy atom. The van der Waals surface area contributed by atoms with E-state index < -0.39 is 18.4 Å². The zero-order valence-electron chi connectivity index (χ0n) is 8.44. The maximum absolute atomic E-state index is 13.3. The molecule has 0 saturated carbocycles. The maximum atomic E-state index is 13.3. The lowest BCUT2D eigenvalue weighted by molar-refractivity contribution is -0.0641. The number of aliphatic hydroxyl groups excluding tert-OH is 1. The second kappa shape index (κ2) is 5.31. The first-order chi connectivity index (χ1) is 7.56. The molecule has 0 aliphatic carbocycles. The predicted octanol–water partition coefficient (Wildman–Crippen LogP) is 2.22. The molecule has 0 amide bonds. The first-order valence-electron chi connectivity index (χ1n) is 4.40. The summed E-state index contributed by atoms with van der Waals surface area (Å²) in [5, 5.41) is 15.6. The van der Waals surface area contributed by atoms with Crippen LogP contribution in [0.25, 0.3) is 12.3 Å². The van der Waals surface area contributed by atoms with Crippen molar-refractivity contribution in [3.8, 4) is 0 Å². The lowest BCUT2D eigenvalue weighted by atomic mass is 10.3. The average molecular weight is 294 g/mol. The largest absolute Gasteiger partial charge is 0.390 e. The lowest BCUT2D eigenvalue weighted by Crippen LogP contribution is -2.23. The van der Waals surface area contributed by atoms with Crippen LogP contribution in [0.1, 0.15) is 18.6 Å². The van der Waals surface area contributed by atoms with E-state index >= 15 is 0 Å². The molecule has 16 heavy (non-hydrogen) atoms. The number of halogens is 3. The van der Waals surface area contributed by atoms with Crippen LogP contribution in [0.15, 0.2) is 11.1 Å². The molecule has 0 aliphatic heterocycles. The lowest BCUT2D eigenvalue weighted by Gasteiger charge is -2.12. The minimum absolute atomic E-state index is 0.265. The molecule has 7 heteroatoms. The topological polar surface area (TPSA) is 50.9 Å². The quantitative estimate of drug-likeness (QED) is 0.926. The number of alkyl halides is 2. The van der Waals surface area contributed by atoms with Crippen molar-refractivity contribution in [2.75, 3.05) is 6.61 Å². The van der Waals surface area contributed by atoms with Crippen molar-refractivity contribution < 1.29 is 13.9 Å². The van der Waals surface area contributed by atoms with Gasteiger partial charge in [0.15, 0.2) is 5.82 Å². The molecule has 0 radical (unpaired) electrons. The minimum atomic E-state index is -3.42. The normalized spacial score (nSPS) is 13.1.